The van der Waals surface area contributed by atoms with Crippen LogP contribution in [0.4, 0.5) is 0 Å². The first-order valence-corrected chi connectivity index (χ1v) is 6.29. The van der Waals surface area contributed by atoms with Crippen LogP contribution in [0.3, 0.4) is 0 Å². The van der Waals surface area contributed by atoms with E-state index in [0.717, 1.165) is 0 Å². The average Bonchev–Trinajstić information content (AvgIpc) is 1.41. The summed E-state index contributed by atoms with van der Waals surface area (Å²) >= 11 is 0. The van der Waals surface area contributed by atoms with Crippen molar-refractivity contribution in [1.29, 1.82) is 0 Å². The van der Waals surface area contributed by atoms with Crippen LogP contribution in [0.2, 0.25) is 0 Å². The molecule has 0 aromatic heterocycles. The van der Waals surface area contributed by atoms with E-state index in [0.29, 0.717) is 0 Å². The molecule has 0 radical (unpaired) electrons. The smallest absolute Gasteiger partial charge is 0.264 e. The van der Waals surface area contributed by atoms with Gasteiger partial charge in [0.05, 0.1) is 0 Å². The topological polar surface area (TPSA) is 224 Å². The van der Waals surface area contributed by atoms with Gasteiger partial charge in [0, 0.05) is 21.1 Å². The van der Waals surface area contributed by atoms with E-state index in [1.807, 2.05) is 0 Å². The molecule has 0 rings (SSSR count). The molecule has 0 aliphatic carbocycles. The molecule has 0 heterocycles. The molecule has 0 spiro atoms. The SMILES string of the molecule is O=S(=O)(O)O.O=S(=O)(O)O.O=S(=O)(O)O.[Mo].[Na+]. The maximum Gasteiger partial charge on any atom is 1.00 e. The van der Waals surface area contributed by atoms with Crippen molar-refractivity contribution in [1.82, 2.24) is 0 Å². The molecule has 102 valence electrons. The minimum atomic E-state index is -4.67. The Kier molecular flexibility index (Phi) is 22.5. The summed E-state index contributed by atoms with van der Waals surface area (Å²) in [6, 6.07) is 0. The van der Waals surface area contributed by atoms with Crippen molar-refractivity contribution < 1.29 is 103 Å². The minimum absolute atomic E-state index is 0. The number of hydrogen-bond acceptors (Lipinski definition) is 6. The summed E-state index contributed by atoms with van der Waals surface area (Å²) in [6.07, 6.45) is 0. The summed E-state index contributed by atoms with van der Waals surface area (Å²) < 4.78 is 94.8. The van der Waals surface area contributed by atoms with Crippen LogP contribution < -0.4 is 29.6 Å². The second-order valence-corrected chi connectivity index (χ2v) is 4.03. The molecule has 0 aliphatic heterocycles. The Morgan fingerprint density at radius 3 is 0.471 bits per heavy atom. The van der Waals surface area contributed by atoms with Gasteiger partial charge in [-0.05, 0) is 0 Å². The Labute approximate surface area is 133 Å². The predicted molar refractivity (Wildman–Crippen MR) is 42.5 cm³/mol. The molecule has 17 heteroatoms. The van der Waals surface area contributed by atoms with Crippen LogP contribution in [0, 0.1) is 0 Å². The molecule has 6 N–H and O–H groups in total. The van der Waals surface area contributed by atoms with Crippen molar-refractivity contribution in [3.05, 3.63) is 0 Å². The van der Waals surface area contributed by atoms with Gasteiger partial charge in [-0.25, -0.2) is 0 Å². The van der Waals surface area contributed by atoms with Crippen LogP contribution in [0.15, 0.2) is 0 Å². The first-order valence-electron chi connectivity index (χ1n) is 2.10. The molecular weight excluding hydrogens is 407 g/mol. The van der Waals surface area contributed by atoms with Gasteiger partial charge in [0.2, 0.25) is 0 Å². The fourth-order valence-electron chi connectivity index (χ4n) is 0. The second-order valence-electron chi connectivity index (χ2n) is 1.34. The van der Waals surface area contributed by atoms with E-state index in [4.69, 9.17) is 52.6 Å². The molecule has 0 saturated heterocycles. The third-order valence-electron chi connectivity index (χ3n) is 0. The molecule has 0 bridgehead atoms. The van der Waals surface area contributed by atoms with Crippen molar-refractivity contribution >= 4 is 31.2 Å². The Bertz CT molecular complexity index is 343. The summed E-state index contributed by atoms with van der Waals surface area (Å²) in [6.45, 7) is 0. The molecule has 0 fully saturated rings. The van der Waals surface area contributed by atoms with E-state index in [1.165, 1.54) is 0 Å². The maximum atomic E-state index is 8.74. The van der Waals surface area contributed by atoms with Crippen molar-refractivity contribution in [2.75, 3.05) is 0 Å². The van der Waals surface area contributed by atoms with E-state index >= 15 is 0 Å². The van der Waals surface area contributed by atoms with Gasteiger partial charge in [-0.2, -0.15) is 25.3 Å². The molecule has 0 aromatic carbocycles. The van der Waals surface area contributed by atoms with Gasteiger partial charge in [-0.15, -0.1) is 0 Å². The van der Waals surface area contributed by atoms with Crippen LogP contribution in [-0.4, -0.2) is 52.6 Å². The van der Waals surface area contributed by atoms with Gasteiger partial charge in [0.15, 0.2) is 0 Å². The second kappa shape index (κ2) is 12.3. The summed E-state index contributed by atoms with van der Waals surface area (Å²) in [5.41, 5.74) is 0. The maximum absolute atomic E-state index is 8.74. The van der Waals surface area contributed by atoms with E-state index in [1.54, 1.807) is 0 Å². The van der Waals surface area contributed by atoms with Crippen LogP contribution >= 0.6 is 0 Å². The molecule has 0 atom stereocenters. The molecule has 0 saturated carbocycles. The Balaban J connectivity index is -0.0000000400. The summed E-state index contributed by atoms with van der Waals surface area (Å²) in [7, 11) is -14.0. The minimum Gasteiger partial charge on any atom is -0.264 e. The number of hydrogen-bond donors (Lipinski definition) is 6. The van der Waals surface area contributed by atoms with Crippen LogP contribution in [-0.2, 0) is 52.3 Å². The predicted octanol–water partition coefficient (Wildman–Crippen LogP) is -4.96. The van der Waals surface area contributed by atoms with Crippen molar-refractivity contribution in [3.63, 3.8) is 0 Å². The third kappa shape index (κ3) is 2400. The van der Waals surface area contributed by atoms with Gasteiger partial charge < -0.3 is 0 Å². The van der Waals surface area contributed by atoms with Crippen molar-refractivity contribution in [2.24, 2.45) is 0 Å². The van der Waals surface area contributed by atoms with E-state index in [-0.39, 0.29) is 50.6 Å². The summed E-state index contributed by atoms with van der Waals surface area (Å²) in [4.78, 5) is 0. The largest absolute Gasteiger partial charge is 1.00 e. The van der Waals surface area contributed by atoms with E-state index in [9.17, 15) is 0 Å². The van der Waals surface area contributed by atoms with Crippen molar-refractivity contribution in [2.45, 2.75) is 0 Å². The third-order valence-corrected chi connectivity index (χ3v) is 0. The van der Waals surface area contributed by atoms with E-state index < -0.39 is 31.2 Å². The van der Waals surface area contributed by atoms with Gasteiger partial charge >= 0.3 is 60.8 Å². The average molecular weight is 413 g/mol. The zero-order valence-corrected chi connectivity index (χ0v) is 14.2. The zero-order chi connectivity index (χ0) is 13.5. The van der Waals surface area contributed by atoms with Gasteiger partial charge in [-0.1, -0.05) is 0 Å². The van der Waals surface area contributed by atoms with Crippen LogP contribution in [0.1, 0.15) is 0 Å². The monoisotopic (exact) mass is 415 g/mol. The number of rotatable bonds is 0. The summed E-state index contributed by atoms with van der Waals surface area (Å²) in [5.74, 6) is 0. The molecule has 0 aliphatic rings. The standard InChI is InChI=1S/Mo.Na.3H2O4S/c;;3*1-5(2,3)4/h;;3*(H2,1,2,3,4)/q;+1;;;. The first kappa shape index (κ1) is 31.0. The van der Waals surface area contributed by atoms with Crippen LogP contribution in [0.5, 0.6) is 0 Å². The zero-order valence-electron chi connectivity index (χ0n) is 7.77. The van der Waals surface area contributed by atoms with Crippen molar-refractivity contribution in [3.8, 4) is 0 Å². The van der Waals surface area contributed by atoms with Gasteiger partial charge in [0.25, 0.3) is 0 Å². The molecular formula is H6MoNaO12S3+. The molecule has 0 unspecified atom stereocenters. The van der Waals surface area contributed by atoms with E-state index in [2.05, 4.69) is 0 Å². The van der Waals surface area contributed by atoms with Crippen LogP contribution in [0.25, 0.3) is 0 Å². The Hall–Kier alpha value is 1.30. The van der Waals surface area contributed by atoms with Gasteiger partial charge in [0.1, 0.15) is 0 Å². The normalized spacial score (nSPS) is 10.2. The molecule has 17 heavy (non-hydrogen) atoms. The molecule has 0 aromatic rings. The quantitative estimate of drug-likeness (QED) is 0.162. The Morgan fingerprint density at radius 1 is 0.471 bits per heavy atom. The fraction of sp³-hybridized carbons (Fsp3) is 0. The molecule has 12 nitrogen and oxygen atoms in total. The Morgan fingerprint density at radius 2 is 0.471 bits per heavy atom. The fourth-order valence-corrected chi connectivity index (χ4v) is 0. The van der Waals surface area contributed by atoms with Gasteiger partial charge in [-0.3, -0.25) is 27.3 Å². The summed E-state index contributed by atoms with van der Waals surface area (Å²) in [5, 5.41) is 0. The molecule has 0 amide bonds. The first-order chi connectivity index (χ1) is 6.00.